The van der Waals surface area contributed by atoms with Gasteiger partial charge in [0.25, 0.3) is 0 Å². The fraction of sp³-hybridized carbons (Fsp3) is 0.200. The van der Waals surface area contributed by atoms with Crippen LogP contribution in [0.2, 0.25) is 0 Å². The number of methoxy groups -OCH3 is 1. The summed E-state index contributed by atoms with van der Waals surface area (Å²) in [4.78, 5) is 0. The molecule has 0 aliphatic rings. The molecular weight excluding hydrogens is 322 g/mol. The number of benzene rings is 2. The van der Waals surface area contributed by atoms with Crippen molar-refractivity contribution < 1.29 is 14.9 Å². The Bertz CT molecular complexity index is 584. The average Bonchev–Trinajstić information content (AvgIpc) is 2.44. The highest BCUT2D eigenvalue weighted by molar-refractivity contribution is 9.10. The van der Waals surface area contributed by atoms with E-state index >= 15 is 0 Å². The molecule has 0 saturated heterocycles. The van der Waals surface area contributed by atoms with Crippen LogP contribution in [0.25, 0.3) is 0 Å². The second kappa shape index (κ2) is 6.52. The maximum absolute atomic E-state index is 9.75. The number of anilines is 1. The molecule has 4 nitrogen and oxygen atoms in total. The van der Waals surface area contributed by atoms with E-state index in [1.165, 1.54) is 7.11 Å². The molecule has 0 aromatic heterocycles. The van der Waals surface area contributed by atoms with Gasteiger partial charge in [-0.15, -0.1) is 0 Å². The Hall–Kier alpha value is -1.88. The second-order valence-electron chi connectivity index (χ2n) is 4.35. The lowest BCUT2D eigenvalue weighted by Crippen LogP contribution is -2.05. The molecule has 0 saturated carbocycles. The molecule has 0 fully saturated rings. The fourth-order valence-corrected chi connectivity index (χ4v) is 2.31. The maximum Gasteiger partial charge on any atom is 0.161 e. The van der Waals surface area contributed by atoms with Crippen LogP contribution in [0, 0.1) is 0 Å². The van der Waals surface area contributed by atoms with Gasteiger partial charge in [0.05, 0.1) is 12.8 Å². The van der Waals surface area contributed by atoms with Gasteiger partial charge in [0.15, 0.2) is 11.5 Å². The predicted octanol–water partition coefficient (Wildman–Crippen LogP) is 3.52. The smallest absolute Gasteiger partial charge is 0.161 e. The van der Waals surface area contributed by atoms with E-state index in [0.717, 1.165) is 28.7 Å². The quantitative estimate of drug-likeness (QED) is 0.781. The molecule has 2 aromatic carbocycles. The van der Waals surface area contributed by atoms with Crippen LogP contribution < -0.4 is 10.1 Å². The van der Waals surface area contributed by atoms with E-state index < -0.39 is 0 Å². The van der Waals surface area contributed by atoms with Crippen molar-refractivity contribution in [2.24, 2.45) is 0 Å². The van der Waals surface area contributed by atoms with Gasteiger partial charge in [-0.1, -0.05) is 12.1 Å². The summed E-state index contributed by atoms with van der Waals surface area (Å²) in [6.07, 6.45) is 0.819. The van der Waals surface area contributed by atoms with Gasteiger partial charge in [-0.05, 0) is 40.0 Å². The molecule has 2 rings (SSSR count). The molecule has 0 aliphatic carbocycles. The van der Waals surface area contributed by atoms with Gasteiger partial charge in [-0.3, -0.25) is 0 Å². The number of phenolic OH excluding ortho intramolecular Hbond substituents is 2. The molecule has 5 heteroatoms. The third-order valence-corrected chi connectivity index (χ3v) is 3.59. The molecule has 0 aliphatic heterocycles. The zero-order valence-electron chi connectivity index (χ0n) is 11.1. The van der Waals surface area contributed by atoms with Gasteiger partial charge in [-0.2, -0.15) is 0 Å². The van der Waals surface area contributed by atoms with Gasteiger partial charge in [0.2, 0.25) is 0 Å². The number of rotatable bonds is 5. The van der Waals surface area contributed by atoms with E-state index in [2.05, 4.69) is 21.2 Å². The highest BCUT2D eigenvalue weighted by Gasteiger charge is 2.07. The van der Waals surface area contributed by atoms with Crippen molar-refractivity contribution in [3.63, 3.8) is 0 Å². The fourth-order valence-electron chi connectivity index (χ4n) is 1.85. The van der Waals surface area contributed by atoms with Crippen LogP contribution in [0.5, 0.6) is 17.2 Å². The Balaban J connectivity index is 1.97. The van der Waals surface area contributed by atoms with Crippen LogP contribution in [0.4, 0.5) is 5.69 Å². The van der Waals surface area contributed by atoms with Gasteiger partial charge >= 0.3 is 0 Å². The van der Waals surface area contributed by atoms with Crippen molar-refractivity contribution in [1.29, 1.82) is 0 Å². The molecule has 3 N–H and O–H groups in total. The Labute approximate surface area is 126 Å². The minimum Gasteiger partial charge on any atom is -0.508 e. The topological polar surface area (TPSA) is 61.7 Å². The lowest BCUT2D eigenvalue weighted by molar-refractivity contribution is 0.373. The molecule has 0 spiro atoms. The number of phenols is 2. The molecule has 2 aromatic rings. The van der Waals surface area contributed by atoms with E-state index in [0.29, 0.717) is 5.75 Å². The van der Waals surface area contributed by atoms with Crippen LogP contribution in [-0.4, -0.2) is 23.9 Å². The van der Waals surface area contributed by atoms with Crippen molar-refractivity contribution in [2.75, 3.05) is 19.0 Å². The first-order chi connectivity index (χ1) is 9.60. The van der Waals surface area contributed by atoms with Crippen LogP contribution in [0.1, 0.15) is 5.56 Å². The molecule has 106 valence electrons. The summed E-state index contributed by atoms with van der Waals surface area (Å²) in [6, 6.07) is 10.5. The Kier molecular flexibility index (Phi) is 4.74. The highest BCUT2D eigenvalue weighted by atomic mass is 79.9. The monoisotopic (exact) mass is 337 g/mol. The molecule has 0 bridgehead atoms. The predicted molar refractivity (Wildman–Crippen MR) is 82.7 cm³/mol. The van der Waals surface area contributed by atoms with Gasteiger partial charge < -0.3 is 20.3 Å². The van der Waals surface area contributed by atoms with E-state index in [-0.39, 0.29) is 11.5 Å². The number of ether oxygens (including phenoxy) is 1. The summed E-state index contributed by atoms with van der Waals surface area (Å²) < 4.78 is 5.87. The summed E-state index contributed by atoms with van der Waals surface area (Å²) >= 11 is 3.43. The number of hydrogen-bond acceptors (Lipinski definition) is 4. The third-order valence-electron chi connectivity index (χ3n) is 2.93. The second-order valence-corrected chi connectivity index (χ2v) is 5.20. The van der Waals surface area contributed by atoms with E-state index in [4.69, 9.17) is 4.74 Å². The standard InChI is InChI=1S/C15H16BrNO3/c1-20-15-8-12(16)13(9-14(15)19)17-7-6-10-2-4-11(18)5-3-10/h2-5,8-9,17-19H,6-7H2,1H3. The summed E-state index contributed by atoms with van der Waals surface area (Å²) in [5.74, 6) is 0.799. The number of halogens is 1. The van der Waals surface area contributed by atoms with Crippen LogP contribution in [-0.2, 0) is 6.42 Å². The first-order valence-corrected chi connectivity index (χ1v) is 6.97. The average molecular weight is 338 g/mol. The number of aromatic hydroxyl groups is 2. The van der Waals surface area contributed by atoms with Gasteiger partial charge in [-0.25, -0.2) is 0 Å². The first-order valence-electron chi connectivity index (χ1n) is 6.18. The van der Waals surface area contributed by atoms with Crippen LogP contribution in [0.3, 0.4) is 0 Å². The largest absolute Gasteiger partial charge is 0.508 e. The molecule has 0 atom stereocenters. The Morgan fingerprint density at radius 1 is 1.15 bits per heavy atom. The Morgan fingerprint density at radius 3 is 2.50 bits per heavy atom. The molecule has 0 unspecified atom stereocenters. The van der Waals surface area contributed by atoms with Gasteiger partial charge in [0.1, 0.15) is 5.75 Å². The Morgan fingerprint density at radius 2 is 1.85 bits per heavy atom. The van der Waals surface area contributed by atoms with Gasteiger partial charge in [0, 0.05) is 23.2 Å². The van der Waals surface area contributed by atoms with Crippen molar-refractivity contribution >= 4 is 21.6 Å². The van der Waals surface area contributed by atoms with Crippen molar-refractivity contribution in [3.05, 3.63) is 46.4 Å². The lowest BCUT2D eigenvalue weighted by Gasteiger charge is -2.11. The van der Waals surface area contributed by atoms with Crippen molar-refractivity contribution in [3.8, 4) is 17.2 Å². The lowest BCUT2D eigenvalue weighted by atomic mass is 10.1. The summed E-state index contributed by atoms with van der Waals surface area (Å²) in [6.45, 7) is 0.717. The van der Waals surface area contributed by atoms with E-state index in [9.17, 15) is 10.2 Å². The van der Waals surface area contributed by atoms with Crippen LogP contribution in [0.15, 0.2) is 40.9 Å². The normalized spacial score (nSPS) is 10.3. The SMILES string of the molecule is COc1cc(Br)c(NCCc2ccc(O)cc2)cc1O. The highest BCUT2D eigenvalue weighted by Crippen LogP contribution is 2.35. The van der Waals surface area contributed by atoms with E-state index in [1.807, 2.05) is 12.1 Å². The van der Waals surface area contributed by atoms with Crippen LogP contribution >= 0.6 is 15.9 Å². The molecule has 0 amide bonds. The molecule has 0 heterocycles. The minimum atomic E-state index is 0.0998. The zero-order chi connectivity index (χ0) is 14.5. The van der Waals surface area contributed by atoms with E-state index in [1.54, 1.807) is 24.3 Å². The first kappa shape index (κ1) is 14.5. The number of nitrogens with one attached hydrogen (secondary N) is 1. The maximum atomic E-state index is 9.75. The summed E-state index contributed by atoms with van der Waals surface area (Å²) in [5.41, 5.74) is 1.94. The van der Waals surface area contributed by atoms with Crippen molar-refractivity contribution in [2.45, 2.75) is 6.42 Å². The molecule has 20 heavy (non-hydrogen) atoms. The zero-order valence-corrected chi connectivity index (χ0v) is 12.6. The third kappa shape index (κ3) is 3.57. The summed E-state index contributed by atoms with van der Waals surface area (Å²) in [7, 11) is 1.51. The molecule has 0 radical (unpaired) electrons. The minimum absolute atomic E-state index is 0.0998. The van der Waals surface area contributed by atoms with Crippen molar-refractivity contribution in [1.82, 2.24) is 0 Å². The summed E-state index contributed by atoms with van der Waals surface area (Å²) in [5, 5.41) is 22.2. The molecular formula is C15H16BrNO3. The number of hydrogen-bond donors (Lipinski definition) is 3.